The summed E-state index contributed by atoms with van der Waals surface area (Å²) in [5.74, 6) is 0.172. The maximum atomic E-state index is 14.2. The van der Waals surface area contributed by atoms with Crippen LogP contribution in [-0.4, -0.2) is 26.1 Å². The number of aryl methyl sites for hydroxylation is 2. The Bertz CT molecular complexity index is 1240. The van der Waals surface area contributed by atoms with E-state index >= 15 is 0 Å². The van der Waals surface area contributed by atoms with Gasteiger partial charge < -0.3 is 10.1 Å². The first kappa shape index (κ1) is 20.2. The van der Waals surface area contributed by atoms with Gasteiger partial charge in [-0.25, -0.2) is 4.39 Å². The quantitative estimate of drug-likeness (QED) is 0.507. The molecule has 3 aromatic carbocycles. The fourth-order valence-electron chi connectivity index (χ4n) is 3.11. The van der Waals surface area contributed by atoms with Gasteiger partial charge in [0, 0.05) is 11.3 Å². The molecule has 0 unspecified atom stereocenters. The Balaban J connectivity index is 1.48. The Morgan fingerprint density at radius 2 is 1.90 bits per heavy atom. The predicted molar refractivity (Wildman–Crippen MR) is 114 cm³/mol. The molecule has 0 aliphatic carbocycles. The van der Waals surface area contributed by atoms with Gasteiger partial charge in [-0.3, -0.25) is 4.79 Å². The van der Waals surface area contributed by atoms with E-state index in [0.29, 0.717) is 29.4 Å². The van der Waals surface area contributed by atoms with Crippen molar-refractivity contribution >= 4 is 11.6 Å². The summed E-state index contributed by atoms with van der Waals surface area (Å²) in [5.41, 5.74) is 3.19. The Kier molecular flexibility index (Phi) is 5.70. The van der Waals surface area contributed by atoms with E-state index in [1.54, 1.807) is 31.2 Å². The summed E-state index contributed by atoms with van der Waals surface area (Å²) >= 11 is 0. The minimum Gasteiger partial charge on any atom is -0.489 e. The standard InChI is InChI=1S/C23H20FN5O2/c1-15-5-3-6-17(11-15)14-31-20-8-4-7-18(12-20)23(30)25-19-9-10-21(24)22(13-19)29-16(2)26-27-28-29/h3-13H,14H2,1-2H3,(H,25,30). The first-order chi connectivity index (χ1) is 15.0. The molecule has 4 aromatic rings. The van der Waals surface area contributed by atoms with E-state index in [9.17, 15) is 9.18 Å². The highest BCUT2D eigenvalue weighted by Gasteiger charge is 2.13. The Morgan fingerprint density at radius 3 is 2.68 bits per heavy atom. The lowest BCUT2D eigenvalue weighted by Gasteiger charge is -2.11. The van der Waals surface area contributed by atoms with Crippen molar-refractivity contribution in [2.75, 3.05) is 5.32 Å². The molecule has 7 nitrogen and oxygen atoms in total. The van der Waals surface area contributed by atoms with Crippen LogP contribution >= 0.6 is 0 Å². The number of ether oxygens (including phenoxy) is 1. The number of aromatic nitrogens is 4. The van der Waals surface area contributed by atoms with E-state index in [0.717, 1.165) is 11.1 Å². The van der Waals surface area contributed by atoms with Gasteiger partial charge >= 0.3 is 0 Å². The van der Waals surface area contributed by atoms with Crippen molar-refractivity contribution in [1.29, 1.82) is 0 Å². The van der Waals surface area contributed by atoms with Crippen molar-refractivity contribution in [3.8, 4) is 11.4 Å². The number of anilines is 1. The molecule has 0 fully saturated rings. The second-order valence-corrected chi connectivity index (χ2v) is 7.06. The molecule has 0 saturated carbocycles. The summed E-state index contributed by atoms with van der Waals surface area (Å²) < 4.78 is 21.3. The van der Waals surface area contributed by atoms with Gasteiger partial charge in [-0.1, -0.05) is 35.9 Å². The zero-order chi connectivity index (χ0) is 21.8. The van der Waals surface area contributed by atoms with Crippen LogP contribution in [0, 0.1) is 19.7 Å². The number of nitrogens with zero attached hydrogens (tertiary/aromatic N) is 4. The SMILES string of the molecule is Cc1cccc(COc2cccc(C(=O)Nc3ccc(F)c(-n4nnnc4C)c3)c2)c1. The average Bonchev–Trinajstić information content (AvgIpc) is 3.19. The fraction of sp³-hybridized carbons (Fsp3) is 0.130. The molecule has 0 bridgehead atoms. The Labute approximate surface area is 178 Å². The number of benzene rings is 3. The third-order valence-corrected chi connectivity index (χ3v) is 4.64. The van der Waals surface area contributed by atoms with Crippen molar-refractivity contribution in [1.82, 2.24) is 20.2 Å². The van der Waals surface area contributed by atoms with E-state index < -0.39 is 5.82 Å². The van der Waals surface area contributed by atoms with Crippen molar-refractivity contribution in [3.05, 3.63) is 95.1 Å². The van der Waals surface area contributed by atoms with Gasteiger partial charge in [0.2, 0.25) is 0 Å². The molecule has 1 N–H and O–H groups in total. The van der Waals surface area contributed by atoms with Gasteiger partial charge in [0.15, 0.2) is 5.82 Å². The normalized spacial score (nSPS) is 10.7. The molecule has 0 aliphatic rings. The number of hydrogen-bond acceptors (Lipinski definition) is 5. The van der Waals surface area contributed by atoms with Gasteiger partial charge in [-0.2, -0.15) is 4.68 Å². The number of carbonyl (C=O) groups excluding carboxylic acids is 1. The van der Waals surface area contributed by atoms with Gasteiger partial charge in [0.25, 0.3) is 5.91 Å². The topological polar surface area (TPSA) is 81.9 Å². The van der Waals surface area contributed by atoms with Crippen LogP contribution in [0.25, 0.3) is 5.69 Å². The van der Waals surface area contributed by atoms with E-state index in [-0.39, 0.29) is 11.6 Å². The van der Waals surface area contributed by atoms with E-state index in [1.807, 2.05) is 25.1 Å². The third kappa shape index (κ3) is 4.75. The summed E-state index contributed by atoms with van der Waals surface area (Å²) in [7, 11) is 0. The average molecular weight is 417 g/mol. The van der Waals surface area contributed by atoms with Gasteiger partial charge in [0.1, 0.15) is 23.9 Å². The van der Waals surface area contributed by atoms with Crippen LogP contribution < -0.4 is 10.1 Å². The van der Waals surface area contributed by atoms with Crippen LogP contribution in [0.4, 0.5) is 10.1 Å². The Hall–Kier alpha value is -4.07. The number of nitrogens with one attached hydrogen (secondary N) is 1. The lowest BCUT2D eigenvalue weighted by Crippen LogP contribution is -2.13. The van der Waals surface area contributed by atoms with E-state index in [2.05, 4.69) is 26.9 Å². The molecular weight excluding hydrogens is 397 g/mol. The van der Waals surface area contributed by atoms with E-state index in [1.165, 1.54) is 22.9 Å². The Morgan fingerprint density at radius 1 is 1.06 bits per heavy atom. The summed E-state index contributed by atoms with van der Waals surface area (Å²) in [4.78, 5) is 12.7. The van der Waals surface area contributed by atoms with Crippen molar-refractivity contribution < 1.29 is 13.9 Å². The number of carbonyl (C=O) groups is 1. The number of hydrogen-bond donors (Lipinski definition) is 1. The molecule has 0 atom stereocenters. The number of rotatable bonds is 6. The molecule has 1 amide bonds. The monoisotopic (exact) mass is 417 g/mol. The minimum atomic E-state index is -0.500. The zero-order valence-electron chi connectivity index (χ0n) is 17.0. The lowest BCUT2D eigenvalue weighted by molar-refractivity contribution is 0.102. The number of tetrazole rings is 1. The van der Waals surface area contributed by atoms with E-state index in [4.69, 9.17) is 4.74 Å². The summed E-state index contributed by atoms with van der Waals surface area (Å²) in [6.45, 7) is 4.09. The molecular formula is C23H20FN5O2. The smallest absolute Gasteiger partial charge is 0.255 e. The molecule has 1 aromatic heterocycles. The highest BCUT2D eigenvalue weighted by atomic mass is 19.1. The van der Waals surface area contributed by atoms with Crippen LogP contribution in [-0.2, 0) is 6.61 Å². The largest absolute Gasteiger partial charge is 0.489 e. The second kappa shape index (κ2) is 8.74. The van der Waals surface area contributed by atoms with Crippen LogP contribution in [0.5, 0.6) is 5.75 Å². The van der Waals surface area contributed by atoms with Crippen LogP contribution in [0.3, 0.4) is 0 Å². The first-order valence-electron chi connectivity index (χ1n) is 9.64. The minimum absolute atomic E-state index is 0.149. The third-order valence-electron chi connectivity index (χ3n) is 4.64. The van der Waals surface area contributed by atoms with Crippen LogP contribution in [0.2, 0.25) is 0 Å². The molecule has 8 heteroatoms. The van der Waals surface area contributed by atoms with Gasteiger partial charge in [-0.05, 0) is 66.2 Å². The summed E-state index contributed by atoms with van der Waals surface area (Å²) in [5, 5.41) is 13.8. The van der Waals surface area contributed by atoms with Crippen molar-refractivity contribution in [3.63, 3.8) is 0 Å². The number of amides is 1. The molecule has 0 spiro atoms. The molecule has 4 rings (SSSR count). The fourth-order valence-corrected chi connectivity index (χ4v) is 3.11. The van der Waals surface area contributed by atoms with Crippen LogP contribution in [0.15, 0.2) is 66.7 Å². The summed E-state index contributed by atoms with van der Waals surface area (Å²) in [6, 6.07) is 19.2. The predicted octanol–water partition coefficient (Wildman–Crippen LogP) is 4.25. The molecule has 156 valence electrons. The first-order valence-corrected chi connectivity index (χ1v) is 9.64. The second-order valence-electron chi connectivity index (χ2n) is 7.06. The molecule has 0 saturated heterocycles. The summed E-state index contributed by atoms with van der Waals surface area (Å²) in [6.07, 6.45) is 0. The molecule has 0 radical (unpaired) electrons. The highest BCUT2D eigenvalue weighted by Crippen LogP contribution is 2.21. The lowest BCUT2D eigenvalue weighted by atomic mass is 10.1. The number of halogens is 1. The maximum Gasteiger partial charge on any atom is 0.255 e. The zero-order valence-corrected chi connectivity index (χ0v) is 17.0. The van der Waals surface area contributed by atoms with Gasteiger partial charge in [0.05, 0.1) is 0 Å². The van der Waals surface area contributed by atoms with Crippen LogP contribution in [0.1, 0.15) is 27.3 Å². The maximum absolute atomic E-state index is 14.2. The molecule has 0 aliphatic heterocycles. The van der Waals surface area contributed by atoms with Crippen molar-refractivity contribution in [2.24, 2.45) is 0 Å². The van der Waals surface area contributed by atoms with Crippen molar-refractivity contribution in [2.45, 2.75) is 20.5 Å². The molecule has 31 heavy (non-hydrogen) atoms. The van der Waals surface area contributed by atoms with Gasteiger partial charge in [-0.15, -0.1) is 5.10 Å². The molecule has 1 heterocycles. The highest BCUT2D eigenvalue weighted by molar-refractivity contribution is 6.04.